The number of hydrogen-bond donors (Lipinski definition) is 3. The zero-order chi connectivity index (χ0) is 14.5. The van der Waals surface area contributed by atoms with E-state index in [0.717, 1.165) is 24.5 Å². The number of aliphatic carboxylic acids is 1. The Labute approximate surface area is 117 Å². The van der Waals surface area contributed by atoms with Crippen molar-refractivity contribution in [2.45, 2.75) is 25.8 Å². The number of carbonyl (C=O) groups excluding carboxylic acids is 1. The van der Waals surface area contributed by atoms with E-state index in [9.17, 15) is 9.59 Å². The highest BCUT2D eigenvalue weighted by molar-refractivity contribution is 5.90. The van der Waals surface area contributed by atoms with Crippen LogP contribution in [-0.2, 0) is 4.79 Å². The zero-order valence-corrected chi connectivity index (χ0v) is 11.3. The van der Waals surface area contributed by atoms with Crippen LogP contribution in [0.3, 0.4) is 0 Å². The number of carbonyl (C=O) groups is 2. The monoisotopic (exact) mass is 274 g/mol. The third-order valence-corrected chi connectivity index (χ3v) is 3.30. The Morgan fingerprint density at radius 2 is 1.90 bits per heavy atom. The third-order valence-electron chi connectivity index (χ3n) is 3.30. The highest BCUT2D eigenvalue weighted by Crippen LogP contribution is 2.26. The van der Waals surface area contributed by atoms with Crippen LogP contribution in [0.15, 0.2) is 30.3 Å². The molecule has 5 nitrogen and oxygen atoms in total. The molecule has 0 unspecified atom stereocenters. The summed E-state index contributed by atoms with van der Waals surface area (Å²) in [6.07, 6.45) is 4.65. The van der Waals surface area contributed by atoms with Crippen LogP contribution < -0.4 is 10.6 Å². The van der Waals surface area contributed by atoms with Crippen molar-refractivity contribution in [3.05, 3.63) is 35.9 Å². The number of nitrogens with one attached hydrogen (secondary N) is 2. The molecule has 106 valence electrons. The van der Waals surface area contributed by atoms with Crippen molar-refractivity contribution in [2.24, 2.45) is 5.92 Å². The molecule has 2 rings (SSSR count). The van der Waals surface area contributed by atoms with Gasteiger partial charge in [-0.05, 0) is 42.5 Å². The fourth-order valence-corrected chi connectivity index (χ4v) is 2.22. The van der Waals surface area contributed by atoms with Crippen LogP contribution in [0.25, 0.3) is 6.08 Å². The number of benzene rings is 1. The Balaban J connectivity index is 1.84. The zero-order valence-electron chi connectivity index (χ0n) is 11.3. The quantitative estimate of drug-likeness (QED) is 0.739. The summed E-state index contributed by atoms with van der Waals surface area (Å²) in [6, 6.07) is 7.06. The van der Waals surface area contributed by atoms with Crippen molar-refractivity contribution >= 4 is 23.8 Å². The van der Waals surface area contributed by atoms with Crippen LogP contribution in [0.5, 0.6) is 0 Å². The van der Waals surface area contributed by atoms with Gasteiger partial charge < -0.3 is 15.7 Å². The van der Waals surface area contributed by atoms with E-state index in [4.69, 9.17) is 5.11 Å². The highest BCUT2D eigenvalue weighted by Gasteiger charge is 2.26. The SMILES string of the molecule is CC1CC(NC(=O)Nc2ccc(/C=C/C(=O)O)cc2)C1. The van der Waals surface area contributed by atoms with Crippen molar-refractivity contribution in [3.8, 4) is 0 Å². The van der Waals surface area contributed by atoms with E-state index in [1.807, 2.05) is 0 Å². The highest BCUT2D eigenvalue weighted by atomic mass is 16.4. The summed E-state index contributed by atoms with van der Waals surface area (Å²) in [6.45, 7) is 2.17. The summed E-state index contributed by atoms with van der Waals surface area (Å²) in [5.74, 6) is -0.290. The first-order valence-corrected chi connectivity index (χ1v) is 6.61. The molecule has 1 fully saturated rings. The van der Waals surface area contributed by atoms with Gasteiger partial charge in [0, 0.05) is 17.8 Å². The number of carboxylic acid groups (broad SMARTS) is 1. The molecule has 1 saturated carbocycles. The lowest BCUT2D eigenvalue weighted by atomic mass is 9.82. The van der Waals surface area contributed by atoms with Crippen molar-refractivity contribution in [3.63, 3.8) is 0 Å². The van der Waals surface area contributed by atoms with Gasteiger partial charge in [0.2, 0.25) is 0 Å². The van der Waals surface area contributed by atoms with Crippen molar-refractivity contribution in [1.29, 1.82) is 0 Å². The number of amides is 2. The predicted molar refractivity (Wildman–Crippen MR) is 77.5 cm³/mol. The van der Waals surface area contributed by atoms with E-state index in [1.165, 1.54) is 6.08 Å². The molecule has 0 spiro atoms. The number of urea groups is 1. The lowest BCUT2D eigenvalue weighted by Crippen LogP contribution is -2.45. The first-order valence-electron chi connectivity index (χ1n) is 6.61. The molecule has 0 aromatic heterocycles. The molecule has 0 heterocycles. The minimum absolute atomic E-state index is 0.198. The number of hydrogen-bond acceptors (Lipinski definition) is 2. The first-order chi connectivity index (χ1) is 9.52. The third kappa shape index (κ3) is 4.12. The van der Waals surface area contributed by atoms with Crippen LogP contribution >= 0.6 is 0 Å². The van der Waals surface area contributed by atoms with E-state index < -0.39 is 5.97 Å². The Bertz CT molecular complexity index is 516. The summed E-state index contributed by atoms with van der Waals surface area (Å²) >= 11 is 0. The molecule has 0 saturated heterocycles. The summed E-state index contributed by atoms with van der Waals surface area (Å²) in [5, 5.41) is 14.2. The second-order valence-electron chi connectivity index (χ2n) is 5.17. The molecule has 1 aromatic rings. The van der Waals surface area contributed by atoms with Gasteiger partial charge in [0.25, 0.3) is 0 Å². The maximum Gasteiger partial charge on any atom is 0.328 e. The molecule has 0 aliphatic heterocycles. The molecule has 3 N–H and O–H groups in total. The number of anilines is 1. The van der Waals surface area contributed by atoms with Gasteiger partial charge in [0.1, 0.15) is 0 Å². The van der Waals surface area contributed by atoms with Gasteiger partial charge >= 0.3 is 12.0 Å². The van der Waals surface area contributed by atoms with Crippen molar-refractivity contribution in [1.82, 2.24) is 5.32 Å². The van der Waals surface area contributed by atoms with Crippen molar-refractivity contribution < 1.29 is 14.7 Å². The number of carboxylic acids is 1. The van der Waals surface area contributed by atoms with E-state index in [0.29, 0.717) is 11.6 Å². The average Bonchev–Trinajstić information content (AvgIpc) is 2.36. The van der Waals surface area contributed by atoms with Gasteiger partial charge in [-0.1, -0.05) is 19.1 Å². The molecule has 20 heavy (non-hydrogen) atoms. The Morgan fingerprint density at radius 3 is 2.45 bits per heavy atom. The molecular weight excluding hydrogens is 256 g/mol. The largest absolute Gasteiger partial charge is 0.478 e. The normalized spacial score (nSPS) is 21.2. The fraction of sp³-hybridized carbons (Fsp3) is 0.333. The molecule has 0 atom stereocenters. The molecular formula is C15H18N2O3. The van der Waals surface area contributed by atoms with Crippen LogP contribution in [0.4, 0.5) is 10.5 Å². The number of rotatable bonds is 4. The molecule has 5 heteroatoms. The maximum absolute atomic E-state index is 11.7. The Hall–Kier alpha value is -2.30. The van der Waals surface area contributed by atoms with Crippen LogP contribution in [0, 0.1) is 5.92 Å². The van der Waals surface area contributed by atoms with E-state index in [-0.39, 0.29) is 12.1 Å². The van der Waals surface area contributed by atoms with E-state index in [1.54, 1.807) is 24.3 Å². The molecule has 0 radical (unpaired) electrons. The van der Waals surface area contributed by atoms with Gasteiger partial charge in [0.05, 0.1) is 0 Å². The van der Waals surface area contributed by atoms with Crippen LogP contribution in [0.2, 0.25) is 0 Å². The predicted octanol–water partition coefficient (Wildman–Crippen LogP) is 2.70. The van der Waals surface area contributed by atoms with E-state index >= 15 is 0 Å². The first kappa shape index (κ1) is 14.1. The lowest BCUT2D eigenvalue weighted by Gasteiger charge is -2.33. The fourth-order valence-electron chi connectivity index (χ4n) is 2.22. The molecule has 1 aromatic carbocycles. The Kier molecular flexibility index (Phi) is 4.40. The summed E-state index contributed by atoms with van der Waals surface area (Å²) in [5.41, 5.74) is 1.45. The summed E-state index contributed by atoms with van der Waals surface area (Å²) in [7, 11) is 0. The smallest absolute Gasteiger partial charge is 0.328 e. The topological polar surface area (TPSA) is 78.4 Å². The minimum atomic E-state index is -0.985. The second kappa shape index (κ2) is 6.23. The molecule has 1 aliphatic carbocycles. The van der Waals surface area contributed by atoms with Gasteiger partial charge in [0.15, 0.2) is 0 Å². The molecule has 0 bridgehead atoms. The van der Waals surface area contributed by atoms with Gasteiger partial charge in [-0.2, -0.15) is 0 Å². The van der Waals surface area contributed by atoms with Gasteiger partial charge in [-0.15, -0.1) is 0 Å². The van der Waals surface area contributed by atoms with Crippen LogP contribution in [-0.4, -0.2) is 23.1 Å². The average molecular weight is 274 g/mol. The van der Waals surface area contributed by atoms with Gasteiger partial charge in [-0.25, -0.2) is 9.59 Å². The van der Waals surface area contributed by atoms with Crippen molar-refractivity contribution in [2.75, 3.05) is 5.32 Å². The van der Waals surface area contributed by atoms with E-state index in [2.05, 4.69) is 17.6 Å². The molecule has 2 amide bonds. The van der Waals surface area contributed by atoms with Gasteiger partial charge in [-0.3, -0.25) is 0 Å². The minimum Gasteiger partial charge on any atom is -0.478 e. The summed E-state index contributed by atoms with van der Waals surface area (Å²) in [4.78, 5) is 22.1. The standard InChI is InChI=1S/C15H18N2O3/c1-10-8-13(9-10)17-15(20)16-12-5-2-11(3-6-12)4-7-14(18)19/h2-7,10,13H,8-9H2,1H3,(H,18,19)(H2,16,17,20)/b7-4+. The second-order valence-corrected chi connectivity index (χ2v) is 5.17. The maximum atomic E-state index is 11.7. The summed E-state index contributed by atoms with van der Waals surface area (Å²) < 4.78 is 0. The van der Waals surface area contributed by atoms with Crippen LogP contribution in [0.1, 0.15) is 25.3 Å². The Morgan fingerprint density at radius 1 is 1.25 bits per heavy atom. The molecule has 1 aliphatic rings. The lowest BCUT2D eigenvalue weighted by molar-refractivity contribution is -0.131.